The molecule has 1 N–H and O–H groups in total. The van der Waals surface area contributed by atoms with Gasteiger partial charge in [-0.3, -0.25) is 0 Å². The molecular formula is C23H26ClN7O3. The number of ether oxygens (including phenoxy) is 2. The molecule has 1 spiro atoms. The summed E-state index contributed by atoms with van der Waals surface area (Å²) < 4.78 is 13.0. The number of benzene rings is 1. The highest BCUT2D eigenvalue weighted by molar-refractivity contribution is 6.30. The molecule has 34 heavy (non-hydrogen) atoms. The largest absolute Gasteiger partial charge is 0.435 e. The van der Waals surface area contributed by atoms with E-state index in [-0.39, 0.29) is 23.9 Å². The van der Waals surface area contributed by atoms with Gasteiger partial charge in [0.15, 0.2) is 5.60 Å². The number of anilines is 2. The second-order valence-electron chi connectivity index (χ2n) is 9.04. The second-order valence-corrected chi connectivity index (χ2v) is 9.48. The number of aryl methyl sites for hydroxylation is 1. The van der Waals surface area contributed by atoms with Crippen molar-refractivity contribution in [1.29, 1.82) is 0 Å². The Kier molecular flexibility index (Phi) is 5.65. The molecule has 1 aromatic carbocycles. The van der Waals surface area contributed by atoms with Crippen molar-refractivity contribution in [3.8, 4) is 5.69 Å². The lowest BCUT2D eigenvalue weighted by atomic mass is 9.84. The quantitative estimate of drug-likeness (QED) is 0.561. The van der Waals surface area contributed by atoms with E-state index in [1.165, 1.54) is 4.90 Å². The van der Waals surface area contributed by atoms with Crippen LogP contribution < -0.4 is 10.2 Å². The van der Waals surface area contributed by atoms with Gasteiger partial charge in [-0.05, 0) is 44.0 Å². The Balaban J connectivity index is 1.38. The van der Waals surface area contributed by atoms with Gasteiger partial charge in [-0.25, -0.2) is 14.7 Å². The van der Waals surface area contributed by atoms with Gasteiger partial charge < -0.3 is 19.4 Å². The Labute approximate surface area is 202 Å². The van der Waals surface area contributed by atoms with Crippen LogP contribution in [-0.4, -0.2) is 55.5 Å². The van der Waals surface area contributed by atoms with Gasteiger partial charge in [-0.1, -0.05) is 25.4 Å². The lowest BCUT2D eigenvalue weighted by molar-refractivity contribution is -0.174. The molecule has 3 aromatic rings. The highest BCUT2D eigenvalue weighted by Crippen LogP contribution is 2.41. The molecule has 2 saturated heterocycles. The third-order valence-corrected chi connectivity index (χ3v) is 6.35. The zero-order valence-corrected chi connectivity index (χ0v) is 20.2. The van der Waals surface area contributed by atoms with Gasteiger partial charge in [0.05, 0.1) is 37.3 Å². The average Bonchev–Trinajstić information content (AvgIpc) is 3.37. The SMILES string of the molecule is Cc1nc(N[C@@H](C)c2cn(-c3ccc(Cl)cc3)cn2)nc(N2C(=O)OC3(COC3)[C@@H]2C(C)C)n1. The van der Waals surface area contributed by atoms with Crippen LogP contribution in [0.2, 0.25) is 5.02 Å². The topological polar surface area (TPSA) is 107 Å². The lowest BCUT2D eigenvalue weighted by Crippen LogP contribution is -2.61. The van der Waals surface area contributed by atoms with Gasteiger partial charge in [0.1, 0.15) is 5.82 Å². The molecule has 4 heterocycles. The van der Waals surface area contributed by atoms with Crippen molar-refractivity contribution in [3.63, 3.8) is 0 Å². The first-order valence-corrected chi connectivity index (χ1v) is 11.5. The zero-order valence-electron chi connectivity index (χ0n) is 19.4. The maximum absolute atomic E-state index is 12.8. The van der Waals surface area contributed by atoms with Crippen LogP contribution in [0, 0.1) is 12.8 Å². The van der Waals surface area contributed by atoms with Crippen molar-refractivity contribution in [2.45, 2.75) is 45.4 Å². The average molecular weight is 484 g/mol. The number of aromatic nitrogens is 5. The van der Waals surface area contributed by atoms with Crippen molar-refractivity contribution in [2.24, 2.45) is 5.92 Å². The Morgan fingerprint density at radius 3 is 2.53 bits per heavy atom. The molecule has 11 heteroatoms. The van der Waals surface area contributed by atoms with Crippen LogP contribution >= 0.6 is 11.6 Å². The van der Waals surface area contributed by atoms with E-state index in [4.69, 9.17) is 21.1 Å². The van der Waals surface area contributed by atoms with Crippen LogP contribution in [0.1, 0.15) is 38.3 Å². The van der Waals surface area contributed by atoms with Crippen LogP contribution in [0.4, 0.5) is 16.7 Å². The first-order chi connectivity index (χ1) is 16.3. The van der Waals surface area contributed by atoms with E-state index < -0.39 is 11.7 Å². The third-order valence-electron chi connectivity index (χ3n) is 6.10. The first kappa shape index (κ1) is 22.5. The third kappa shape index (κ3) is 3.97. The number of carbonyl (C=O) groups excluding carboxylic acids is 1. The molecular weight excluding hydrogens is 458 g/mol. The fourth-order valence-electron chi connectivity index (χ4n) is 4.50. The monoisotopic (exact) mass is 483 g/mol. The number of carbonyl (C=O) groups is 1. The molecule has 2 atom stereocenters. The normalized spacial score (nSPS) is 19.9. The molecule has 2 fully saturated rings. The van der Waals surface area contributed by atoms with Gasteiger partial charge in [-0.2, -0.15) is 15.0 Å². The number of halogens is 1. The fourth-order valence-corrected chi connectivity index (χ4v) is 4.63. The van der Waals surface area contributed by atoms with Crippen molar-refractivity contribution < 1.29 is 14.3 Å². The summed E-state index contributed by atoms with van der Waals surface area (Å²) in [5, 5.41) is 3.96. The zero-order chi connectivity index (χ0) is 24.0. The maximum Gasteiger partial charge on any atom is 0.417 e. The minimum Gasteiger partial charge on any atom is -0.435 e. The van der Waals surface area contributed by atoms with Gasteiger partial charge >= 0.3 is 6.09 Å². The van der Waals surface area contributed by atoms with Gasteiger partial charge in [0.25, 0.3) is 0 Å². The number of imidazole rings is 1. The van der Waals surface area contributed by atoms with E-state index in [0.29, 0.717) is 30.0 Å². The molecule has 0 bridgehead atoms. The lowest BCUT2D eigenvalue weighted by Gasteiger charge is -2.42. The summed E-state index contributed by atoms with van der Waals surface area (Å²) in [4.78, 5) is 32.3. The van der Waals surface area contributed by atoms with E-state index in [9.17, 15) is 4.79 Å². The summed E-state index contributed by atoms with van der Waals surface area (Å²) in [6.07, 6.45) is 3.21. The molecule has 5 rings (SSSR count). The van der Waals surface area contributed by atoms with Crippen molar-refractivity contribution in [1.82, 2.24) is 24.5 Å². The summed E-state index contributed by atoms with van der Waals surface area (Å²) in [7, 11) is 0. The number of hydrogen-bond donors (Lipinski definition) is 1. The van der Waals surface area contributed by atoms with E-state index in [2.05, 4.69) is 25.3 Å². The highest BCUT2D eigenvalue weighted by atomic mass is 35.5. The van der Waals surface area contributed by atoms with Gasteiger partial charge in [0.2, 0.25) is 11.9 Å². The Morgan fingerprint density at radius 1 is 1.15 bits per heavy atom. The molecule has 1 amide bonds. The van der Waals surface area contributed by atoms with Crippen LogP contribution in [0.25, 0.3) is 5.69 Å². The first-order valence-electron chi connectivity index (χ1n) is 11.1. The smallest absolute Gasteiger partial charge is 0.417 e. The Hall–Kier alpha value is -3.24. The van der Waals surface area contributed by atoms with Crippen molar-refractivity contribution in [3.05, 3.63) is 53.3 Å². The number of nitrogens with zero attached hydrogens (tertiary/aromatic N) is 6. The summed E-state index contributed by atoms with van der Waals surface area (Å²) in [6.45, 7) is 8.58. The summed E-state index contributed by atoms with van der Waals surface area (Å²) in [5.41, 5.74) is 1.11. The summed E-state index contributed by atoms with van der Waals surface area (Å²) in [5.74, 6) is 1.24. The number of nitrogens with one attached hydrogen (secondary N) is 1. The molecule has 0 unspecified atom stereocenters. The number of hydrogen-bond acceptors (Lipinski definition) is 8. The van der Waals surface area contributed by atoms with E-state index in [1.54, 1.807) is 13.3 Å². The molecule has 10 nitrogen and oxygen atoms in total. The Bertz CT molecular complexity index is 1210. The number of rotatable bonds is 6. The number of amides is 1. The van der Waals surface area contributed by atoms with Crippen LogP contribution in [0.5, 0.6) is 0 Å². The van der Waals surface area contributed by atoms with Crippen LogP contribution in [0.3, 0.4) is 0 Å². The molecule has 2 aliphatic rings. The molecule has 178 valence electrons. The summed E-state index contributed by atoms with van der Waals surface area (Å²) >= 11 is 5.99. The predicted octanol–water partition coefficient (Wildman–Crippen LogP) is 3.94. The molecule has 0 saturated carbocycles. The van der Waals surface area contributed by atoms with Gasteiger partial charge in [-0.15, -0.1) is 0 Å². The molecule has 2 aliphatic heterocycles. The highest BCUT2D eigenvalue weighted by Gasteiger charge is 2.61. The van der Waals surface area contributed by atoms with E-state index in [1.807, 2.05) is 55.8 Å². The minimum atomic E-state index is -0.652. The maximum atomic E-state index is 12.8. The fraction of sp³-hybridized carbons (Fsp3) is 0.435. The predicted molar refractivity (Wildman–Crippen MR) is 126 cm³/mol. The molecule has 0 aliphatic carbocycles. The standard InChI is InChI=1S/C23H26ClN7O3/c1-13(2)19-23(10-33-11-23)34-22(32)31(19)21-28-15(4)27-20(29-21)26-14(3)18-9-30(12-25-18)17-7-5-16(24)6-8-17/h5-9,12-14,19H,10-11H2,1-4H3,(H,26,27,28,29)/t14-,19-/m0/s1. The molecule has 0 radical (unpaired) electrons. The van der Waals surface area contributed by atoms with Crippen LogP contribution in [-0.2, 0) is 9.47 Å². The van der Waals surface area contributed by atoms with E-state index >= 15 is 0 Å². The Morgan fingerprint density at radius 2 is 1.88 bits per heavy atom. The van der Waals surface area contributed by atoms with Crippen LogP contribution in [0.15, 0.2) is 36.8 Å². The van der Waals surface area contributed by atoms with E-state index in [0.717, 1.165) is 11.4 Å². The minimum absolute atomic E-state index is 0.125. The van der Waals surface area contributed by atoms with Gasteiger partial charge in [0, 0.05) is 16.9 Å². The summed E-state index contributed by atoms with van der Waals surface area (Å²) in [6, 6.07) is 7.10. The second kappa shape index (κ2) is 8.52. The molecule has 2 aromatic heterocycles. The van der Waals surface area contributed by atoms with Crippen molar-refractivity contribution >= 4 is 29.6 Å². The van der Waals surface area contributed by atoms with Crippen molar-refractivity contribution in [2.75, 3.05) is 23.4 Å².